The van der Waals surface area contributed by atoms with Gasteiger partial charge in [0.2, 0.25) is 5.95 Å². The third-order valence-electron chi connectivity index (χ3n) is 4.56. The summed E-state index contributed by atoms with van der Waals surface area (Å²) in [5.41, 5.74) is -0.787. The van der Waals surface area contributed by atoms with E-state index in [1.807, 2.05) is 26.8 Å². The number of alkyl halides is 3. The molecule has 0 saturated carbocycles. The van der Waals surface area contributed by atoms with Crippen molar-refractivity contribution >= 4 is 11.8 Å². The molecular formula is C20H25F3N6O. The Kier molecular flexibility index (Phi) is 7.56. The van der Waals surface area contributed by atoms with Gasteiger partial charge in [-0.2, -0.15) is 23.4 Å². The largest absolute Gasteiger partial charge is 0.416 e. The Labute approximate surface area is 173 Å². The third-order valence-corrected chi connectivity index (χ3v) is 4.56. The Balaban J connectivity index is 2.24. The molecule has 0 fully saturated rings. The van der Waals surface area contributed by atoms with Crippen molar-refractivity contribution in [3.63, 3.8) is 0 Å². The van der Waals surface area contributed by atoms with Crippen molar-refractivity contribution in [3.05, 3.63) is 41.3 Å². The second-order valence-electron chi connectivity index (χ2n) is 7.88. The third kappa shape index (κ3) is 6.29. The summed E-state index contributed by atoms with van der Waals surface area (Å²) in [6, 6.07) is 2.84. The summed E-state index contributed by atoms with van der Waals surface area (Å²) in [5, 5.41) is 24.5. The molecule has 1 atom stereocenters. The molecular weight excluding hydrogens is 397 g/mol. The molecule has 1 unspecified atom stereocenters. The van der Waals surface area contributed by atoms with Crippen LogP contribution in [-0.4, -0.2) is 32.7 Å². The molecule has 3 N–H and O–H groups in total. The van der Waals surface area contributed by atoms with E-state index in [2.05, 4.69) is 25.6 Å². The quantitative estimate of drug-likeness (QED) is 0.591. The second-order valence-corrected chi connectivity index (χ2v) is 7.88. The topological polar surface area (TPSA) is 107 Å². The zero-order valence-corrected chi connectivity index (χ0v) is 17.1. The first kappa shape index (κ1) is 23.3. The maximum atomic E-state index is 13.1. The fraction of sp³-hybridized carbons (Fsp3) is 0.500. The monoisotopic (exact) mass is 422 g/mol. The Morgan fingerprint density at radius 3 is 2.57 bits per heavy atom. The molecule has 0 aliphatic heterocycles. The Bertz CT molecular complexity index is 889. The summed E-state index contributed by atoms with van der Waals surface area (Å²) in [4.78, 5) is 12.1. The summed E-state index contributed by atoms with van der Waals surface area (Å²) in [6.07, 6.45) is 0.285. The lowest BCUT2D eigenvalue weighted by Crippen LogP contribution is -2.35. The first-order valence-electron chi connectivity index (χ1n) is 9.44. The van der Waals surface area contributed by atoms with Crippen LogP contribution in [0.1, 0.15) is 50.3 Å². The first-order chi connectivity index (χ1) is 14.1. The highest BCUT2D eigenvalue weighted by Gasteiger charge is 2.33. The summed E-state index contributed by atoms with van der Waals surface area (Å²) >= 11 is 0. The number of anilines is 2. The van der Waals surface area contributed by atoms with E-state index >= 15 is 0 Å². The molecule has 0 spiro atoms. The molecule has 2 aromatic heterocycles. The van der Waals surface area contributed by atoms with E-state index in [0.29, 0.717) is 12.8 Å². The molecule has 7 nitrogen and oxygen atoms in total. The predicted octanol–water partition coefficient (Wildman–Crippen LogP) is 3.97. The number of rotatable bonds is 8. The average molecular weight is 422 g/mol. The molecule has 2 heterocycles. The molecule has 2 aromatic rings. The molecule has 0 radical (unpaired) electrons. The van der Waals surface area contributed by atoms with Crippen LogP contribution in [0.5, 0.6) is 0 Å². The van der Waals surface area contributed by atoms with Gasteiger partial charge in [0, 0.05) is 37.2 Å². The van der Waals surface area contributed by atoms with Crippen LogP contribution in [0.15, 0.2) is 24.7 Å². The molecule has 0 aliphatic carbocycles. The van der Waals surface area contributed by atoms with Crippen molar-refractivity contribution in [2.75, 3.05) is 17.2 Å². The Morgan fingerprint density at radius 2 is 1.97 bits per heavy atom. The average Bonchev–Trinajstić information content (AvgIpc) is 2.68. The number of hydrogen-bond donors (Lipinski definition) is 3. The zero-order chi connectivity index (χ0) is 22.4. The van der Waals surface area contributed by atoms with Crippen LogP contribution in [0, 0.1) is 16.7 Å². The number of aromatic nitrogens is 3. The molecule has 30 heavy (non-hydrogen) atoms. The molecule has 0 saturated heterocycles. The normalized spacial score (nSPS) is 12.9. The molecule has 2 rings (SSSR count). The van der Waals surface area contributed by atoms with Crippen LogP contribution in [0.3, 0.4) is 0 Å². The summed E-state index contributed by atoms with van der Waals surface area (Å²) in [5.74, 6) is 0.374. The molecule has 0 amide bonds. The van der Waals surface area contributed by atoms with Gasteiger partial charge < -0.3 is 15.7 Å². The summed E-state index contributed by atoms with van der Waals surface area (Å²) < 4.78 is 39.4. The van der Waals surface area contributed by atoms with Crippen LogP contribution in [0.25, 0.3) is 0 Å². The molecule has 0 aromatic carbocycles. The summed E-state index contributed by atoms with van der Waals surface area (Å²) in [6.45, 7) is 5.93. The minimum atomic E-state index is -4.50. The number of pyridine rings is 1. The predicted molar refractivity (Wildman–Crippen MR) is 106 cm³/mol. The van der Waals surface area contributed by atoms with Crippen molar-refractivity contribution in [3.8, 4) is 6.07 Å². The van der Waals surface area contributed by atoms with Crippen LogP contribution in [0.2, 0.25) is 0 Å². The lowest BCUT2D eigenvalue weighted by atomic mass is 9.84. The van der Waals surface area contributed by atoms with E-state index in [-0.39, 0.29) is 47.5 Å². The highest BCUT2D eigenvalue weighted by Crippen LogP contribution is 2.32. The van der Waals surface area contributed by atoms with Gasteiger partial charge in [-0.3, -0.25) is 4.98 Å². The Morgan fingerprint density at radius 1 is 1.23 bits per heavy atom. The smallest absolute Gasteiger partial charge is 0.396 e. The van der Waals surface area contributed by atoms with Gasteiger partial charge in [-0.15, -0.1) is 0 Å². The van der Waals surface area contributed by atoms with Crippen molar-refractivity contribution in [2.24, 2.45) is 5.41 Å². The van der Waals surface area contributed by atoms with Crippen molar-refractivity contribution in [2.45, 2.75) is 52.4 Å². The van der Waals surface area contributed by atoms with Gasteiger partial charge in [0.15, 0.2) is 0 Å². The lowest BCUT2D eigenvalue weighted by Gasteiger charge is -2.32. The highest BCUT2D eigenvalue weighted by molar-refractivity contribution is 5.54. The molecule has 162 valence electrons. The number of hydrogen-bond acceptors (Lipinski definition) is 7. The van der Waals surface area contributed by atoms with E-state index < -0.39 is 11.7 Å². The number of nitrogens with zero attached hydrogens (tertiary/aromatic N) is 4. The molecule has 0 bridgehead atoms. The number of nitriles is 1. The van der Waals surface area contributed by atoms with Gasteiger partial charge in [-0.25, -0.2) is 4.98 Å². The van der Waals surface area contributed by atoms with Crippen LogP contribution in [-0.2, 0) is 12.7 Å². The maximum absolute atomic E-state index is 13.1. The van der Waals surface area contributed by atoms with Crippen molar-refractivity contribution in [1.29, 1.82) is 5.26 Å². The van der Waals surface area contributed by atoms with E-state index in [9.17, 15) is 18.4 Å². The number of nitrogens with one attached hydrogen (secondary N) is 2. The van der Waals surface area contributed by atoms with E-state index in [1.165, 1.54) is 6.20 Å². The van der Waals surface area contributed by atoms with Gasteiger partial charge in [-0.1, -0.05) is 20.8 Å². The number of aliphatic hydroxyl groups is 1. The molecule has 0 aliphatic rings. The summed E-state index contributed by atoms with van der Waals surface area (Å²) in [7, 11) is 0. The van der Waals surface area contributed by atoms with Gasteiger partial charge in [-0.05, 0) is 24.3 Å². The zero-order valence-electron chi connectivity index (χ0n) is 17.1. The van der Waals surface area contributed by atoms with Gasteiger partial charge in [0.1, 0.15) is 17.5 Å². The van der Waals surface area contributed by atoms with Crippen LogP contribution in [0.4, 0.5) is 24.9 Å². The first-order valence-corrected chi connectivity index (χ1v) is 9.44. The minimum absolute atomic E-state index is 0.0389. The van der Waals surface area contributed by atoms with Gasteiger partial charge >= 0.3 is 6.18 Å². The fourth-order valence-electron chi connectivity index (χ4n) is 2.86. The van der Waals surface area contributed by atoms with Gasteiger partial charge in [0.25, 0.3) is 0 Å². The van der Waals surface area contributed by atoms with Crippen LogP contribution < -0.4 is 10.6 Å². The van der Waals surface area contributed by atoms with Crippen LogP contribution >= 0.6 is 0 Å². The minimum Gasteiger partial charge on any atom is -0.396 e. The molecule has 10 heteroatoms. The van der Waals surface area contributed by atoms with E-state index in [0.717, 1.165) is 18.5 Å². The SMILES string of the molecule is CC(C)(C)C(CCCO)Nc1nc(NCc2cnccc2C(F)(F)F)ncc1C#N. The van der Waals surface area contributed by atoms with E-state index in [4.69, 9.17) is 5.11 Å². The Hall–Kier alpha value is -2.93. The van der Waals surface area contributed by atoms with Crippen molar-refractivity contribution < 1.29 is 18.3 Å². The lowest BCUT2D eigenvalue weighted by molar-refractivity contribution is -0.138. The standard InChI is InChI=1S/C20H25F3N6O/c1-19(2,3)16(5-4-8-30)28-17-13(9-24)11-26-18(29-17)27-12-14-10-25-7-6-15(14)20(21,22)23/h6-7,10-11,16,30H,4-5,8,12H2,1-3H3,(H2,26,27,28,29). The maximum Gasteiger partial charge on any atom is 0.416 e. The highest BCUT2D eigenvalue weighted by atomic mass is 19.4. The number of aliphatic hydroxyl groups excluding tert-OH is 1. The second kappa shape index (κ2) is 9.71. The fourth-order valence-corrected chi connectivity index (χ4v) is 2.86. The number of halogens is 3. The van der Waals surface area contributed by atoms with E-state index in [1.54, 1.807) is 0 Å². The van der Waals surface area contributed by atoms with Gasteiger partial charge in [0.05, 0.1) is 11.8 Å². The van der Waals surface area contributed by atoms with Crippen molar-refractivity contribution in [1.82, 2.24) is 15.0 Å².